The summed E-state index contributed by atoms with van der Waals surface area (Å²) >= 11 is 3.57. The van der Waals surface area contributed by atoms with Crippen molar-refractivity contribution >= 4 is 22.7 Å². The maximum atomic E-state index is 5.48. The lowest BCUT2D eigenvalue weighted by Gasteiger charge is -2.16. The van der Waals surface area contributed by atoms with Crippen LogP contribution in [0.3, 0.4) is 0 Å². The first-order chi connectivity index (χ1) is 9.42. The summed E-state index contributed by atoms with van der Waals surface area (Å²) in [6, 6.07) is 8.82. The molecule has 0 amide bonds. The van der Waals surface area contributed by atoms with E-state index in [-0.39, 0.29) is 6.04 Å². The third-order valence-electron chi connectivity index (χ3n) is 2.68. The summed E-state index contributed by atoms with van der Waals surface area (Å²) in [6.45, 7) is 2.85. The topological polar surface area (TPSA) is 30.5 Å². The van der Waals surface area contributed by atoms with Gasteiger partial charge in [-0.1, -0.05) is 12.1 Å². The second-order valence-corrected chi connectivity index (χ2v) is 5.98. The second-order valence-electron chi connectivity index (χ2n) is 4.02. The Hall–Kier alpha value is -0.720. The molecule has 2 aromatic heterocycles. The van der Waals surface area contributed by atoms with Gasteiger partial charge in [0.1, 0.15) is 0 Å². The van der Waals surface area contributed by atoms with Gasteiger partial charge in [-0.3, -0.25) is 0 Å². The highest BCUT2D eigenvalue weighted by Gasteiger charge is 2.15. The van der Waals surface area contributed by atoms with Crippen molar-refractivity contribution in [1.82, 2.24) is 5.32 Å². The van der Waals surface area contributed by atoms with Gasteiger partial charge >= 0.3 is 0 Å². The van der Waals surface area contributed by atoms with Crippen molar-refractivity contribution in [3.8, 4) is 0 Å². The molecule has 0 fully saturated rings. The van der Waals surface area contributed by atoms with Gasteiger partial charge in [0.05, 0.1) is 25.9 Å². The van der Waals surface area contributed by atoms with E-state index < -0.39 is 0 Å². The fourth-order valence-electron chi connectivity index (χ4n) is 1.77. The fourth-order valence-corrected chi connectivity index (χ4v) is 3.48. The lowest BCUT2D eigenvalue weighted by Crippen LogP contribution is -2.25. The minimum atomic E-state index is 0.283. The first-order valence-electron chi connectivity index (χ1n) is 6.28. The van der Waals surface area contributed by atoms with E-state index in [1.165, 1.54) is 9.75 Å². The third kappa shape index (κ3) is 4.71. The molecule has 0 aliphatic rings. The quantitative estimate of drug-likeness (QED) is 0.721. The molecule has 2 rings (SSSR count). The highest BCUT2D eigenvalue weighted by Crippen LogP contribution is 2.28. The van der Waals surface area contributed by atoms with Crippen LogP contribution in [-0.4, -0.2) is 33.5 Å². The first kappa shape index (κ1) is 14.7. The lowest BCUT2D eigenvalue weighted by atomic mass is 10.2. The third-order valence-corrected chi connectivity index (χ3v) is 4.56. The van der Waals surface area contributed by atoms with Gasteiger partial charge in [-0.2, -0.15) is 0 Å². The van der Waals surface area contributed by atoms with E-state index in [4.69, 9.17) is 9.47 Å². The van der Waals surface area contributed by atoms with Crippen molar-refractivity contribution in [2.75, 3.05) is 33.5 Å². The van der Waals surface area contributed by atoms with Gasteiger partial charge in [0.2, 0.25) is 0 Å². The van der Waals surface area contributed by atoms with Crippen LogP contribution in [0.1, 0.15) is 15.8 Å². The summed E-state index contributed by atoms with van der Waals surface area (Å²) < 4.78 is 10.4. The summed E-state index contributed by atoms with van der Waals surface area (Å²) in [5.41, 5.74) is 0. The molecule has 1 N–H and O–H groups in total. The highest BCUT2D eigenvalue weighted by molar-refractivity contribution is 7.11. The van der Waals surface area contributed by atoms with Gasteiger partial charge in [0, 0.05) is 23.4 Å². The van der Waals surface area contributed by atoms with Gasteiger partial charge in [0.15, 0.2) is 0 Å². The van der Waals surface area contributed by atoms with Crippen molar-refractivity contribution < 1.29 is 9.47 Å². The molecule has 3 nitrogen and oxygen atoms in total. The van der Waals surface area contributed by atoms with Crippen LogP contribution in [0.2, 0.25) is 0 Å². The number of methoxy groups -OCH3 is 1. The summed E-state index contributed by atoms with van der Waals surface area (Å²) in [7, 11) is 1.69. The van der Waals surface area contributed by atoms with Crippen LogP contribution >= 0.6 is 22.7 Å². The van der Waals surface area contributed by atoms with E-state index >= 15 is 0 Å². The SMILES string of the molecule is COCCOCCNC(c1cccs1)c1cccs1. The predicted molar refractivity (Wildman–Crippen MR) is 81.2 cm³/mol. The monoisotopic (exact) mass is 297 g/mol. The zero-order chi connectivity index (χ0) is 13.3. The van der Waals surface area contributed by atoms with Crippen molar-refractivity contribution in [2.24, 2.45) is 0 Å². The van der Waals surface area contributed by atoms with Crippen molar-refractivity contribution in [3.63, 3.8) is 0 Å². The largest absolute Gasteiger partial charge is 0.382 e. The molecule has 0 spiro atoms. The average molecular weight is 297 g/mol. The minimum absolute atomic E-state index is 0.283. The molecule has 2 aromatic rings. The zero-order valence-corrected chi connectivity index (χ0v) is 12.6. The molecule has 0 saturated carbocycles. The Morgan fingerprint density at radius 1 is 1.05 bits per heavy atom. The van der Waals surface area contributed by atoms with Crippen LogP contribution in [0.5, 0.6) is 0 Å². The van der Waals surface area contributed by atoms with Gasteiger partial charge in [-0.05, 0) is 22.9 Å². The number of hydrogen-bond donors (Lipinski definition) is 1. The molecule has 0 aliphatic heterocycles. The summed E-state index contributed by atoms with van der Waals surface area (Å²) in [5, 5.41) is 7.79. The Balaban J connectivity index is 1.82. The van der Waals surface area contributed by atoms with E-state index in [1.807, 2.05) is 0 Å². The molecule has 0 radical (unpaired) electrons. The van der Waals surface area contributed by atoms with Crippen LogP contribution in [-0.2, 0) is 9.47 Å². The molecular formula is C14H19NO2S2. The highest BCUT2D eigenvalue weighted by atomic mass is 32.1. The molecule has 0 aromatic carbocycles. The van der Waals surface area contributed by atoms with Crippen LogP contribution in [0.15, 0.2) is 35.0 Å². The minimum Gasteiger partial charge on any atom is -0.382 e. The number of ether oxygens (including phenoxy) is 2. The Bertz CT molecular complexity index is 394. The Morgan fingerprint density at radius 3 is 2.26 bits per heavy atom. The molecule has 19 heavy (non-hydrogen) atoms. The van der Waals surface area contributed by atoms with Crippen LogP contribution in [0.4, 0.5) is 0 Å². The van der Waals surface area contributed by atoms with E-state index in [2.05, 4.69) is 40.3 Å². The molecule has 0 atom stereocenters. The molecule has 0 saturated heterocycles. The van der Waals surface area contributed by atoms with Gasteiger partial charge in [-0.25, -0.2) is 0 Å². The number of rotatable bonds is 9. The fraction of sp³-hybridized carbons (Fsp3) is 0.429. The number of thiophene rings is 2. The van der Waals surface area contributed by atoms with Crippen LogP contribution in [0, 0.1) is 0 Å². The Kier molecular flexibility index (Phi) is 6.53. The summed E-state index contributed by atoms with van der Waals surface area (Å²) in [5.74, 6) is 0. The molecule has 2 heterocycles. The molecule has 104 valence electrons. The van der Waals surface area contributed by atoms with E-state index in [9.17, 15) is 0 Å². The molecule has 5 heteroatoms. The van der Waals surface area contributed by atoms with Crippen molar-refractivity contribution in [3.05, 3.63) is 44.8 Å². The predicted octanol–water partition coefficient (Wildman–Crippen LogP) is 3.15. The lowest BCUT2D eigenvalue weighted by molar-refractivity contribution is 0.0715. The van der Waals surface area contributed by atoms with E-state index in [0.29, 0.717) is 19.8 Å². The van der Waals surface area contributed by atoms with Crippen molar-refractivity contribution in [1.29, 1.82) is 0 Å². The molecule has 0 unspecified atom stereocenters. The maximum Gasteiger partial charge on any atom is 0.0765 e. The van der Waals surface area contributed by atoms with E-state index in [0.717, 1.165) is 6.54 Å². The Morgan fingerprint density at radius 2 is 1.74 bits per heavy atom. The maximum absolute atomic E-state index is 5.48. The number of nitrogens with one attached hydrogen (secondary N) is 1. The summed E-state index contributed by atoms with van der Waals surface area (Å²) in [4.78, 5) is 2.69. The molecule has 0 bridgehead atoms. The number of hydrogen-bond acceptors (Lipinski definition) is 5. The van der Waals surface area contributed by atoms with Crippen LogP contribution < -0.4 is 5.32 Å². The Labute approximate surface area is 122 Å². The summed E-state index contributed by atoms with van der Waals surface area (Å²) in [6.07, 6.45) is 0. The van der Waals surface area contributed by atoms with Crippen LogP contribution in [0.25, 0.3) is 0 Å². The van der Waals surface area contributed by atoms with Gasteiger partial charge in [0.25, 0.3) is 0 Å². The normalized spacial score (nSPS) is 11.3. The van der Waals surface area contributed by atoms with Crippen molar-refractivity contribution in [2.45, 2.75) is 6.04 Å². The van der Waals surface area contributed by atoms with Gasteiger partial charge in [-0.15, -0.1) is 22.7 Å². The smallest absolute Gasteiger partial charge is 0.0765 e. The van der Waals surface area contributed by atoms with Gasteiger partial charge < -0.3 is 14.8 Å². The molecular weight excluding hydrogens is 278 g/mol. The zero-order valence-electron chi connectivity index (χ0n) is 11.0. The molecule has 0 aliphatic carbocycles. The average Bonchev–Trinajstić information content (AvgIpc) is 3.11. The standard InChI is InChI=1S/C14H19NO2S2/c1-16-8-9-17-7-6-15-14(12-4-2-10-18-12)13-5-3-11-19-13/h2-5,10-11,14-15H,6-9H2,1H3. The second kappa shape index (κ2) is 8.45. The van der Waals surface area contributed by atoms with E-state index in [1.54, 1.807) is 29.8 Å². The first-order valence-corrected chi connectivity index (χ1v) is 8.04.